The van der Waals surface area contributed by atoms with E-state index < -0.39 is 10.7 Å². The first kappa shape index (κ1) is 7.46. The molecule has 0 atom stereocenters. The third-order valence-corrected chi connectivity index (χ3v) is 1.09. The highest BCUT2D eigenvalue weighted by Crippen LogP contribution is 2.04. The number of hydrogen-bond donors (Lipinski definition) is 1. The van der Waals surface area contributed by atoms with Gasteiger partial charge < -0.3 is 4.98 Å². The van der Waals surface area contributed by atoms with Crippen molar-refractivity contribution in [2.45, 2.75) is 0 Å². The van der Waals surface area contributed by atoms with Crippen LogP contribution >= 0.6 is 0 Å². The predicted molar refractivity (Wildman–Crippen MR) is 36.8 cm³/mol. The molecule has 0 saturated heterocycles. The molecular formula is C6H5FN2O2. The van der Waals surface area contributed by atoms with E-state index in [2.05, 4.69) is 4.98 Å². The Morgan fingerprint density at radius 1 is 1.73 bits per heavy atom. The van der Waals surface area contributed by atoms with Gasteiger partial charge in [0, 0.05) is 12.3 Å². The first-order valence-electron chi connectivity index (χ1n) is 2.85. The third-order valence-electron chi connectivity index (χ3n) is 1.09. The fourth-order valence-corrected chi connectivity index (χ4v) is 0.626. The lowest BCUT2D eigenvalue weighted by Gasteiger charge is -1.82. The van der Waals surface area contributed by atoms with Crippen LogP contribution < -0.4 is 0 Å². The lowest BCUT2D eigenvalue weighted by molar-refractivity contribution is -0.401. The average molecular weight is 156 g/mol. The Morgan fingerprint density at radius 3 is 2.91 bits per heavy atom. The summed E-state index contributed by atoms with van der Waals surface area (Å²) < 4.78 is 12.5. The van der Waals surface area contributed by atoms with Crippen LogP contribution in [-0.4, -0.2) is 9.91 Å². The Bertz CT molecular complexity index is 293. The molecule has 0 spiro atoms. The van der Waals surface area contributed by atoms with Gasteiger partial charge in [-0.25, -0.2) is 4.39 Å². The molecule has 0 aliphatic rings. The standard InChI is InChI=1S/C6H5FN2O2/c7-5-1-3-8-6(5)2-4-9(10)11/h1-4,8H/b4-2+. The maximum atomic E-state index is 12.5. The van der Waals surface area contributed by atoms with Crippen molar-refractivity contribution in [3.05, 3.63) is 40.1 Å². The molecule has 4 nitrogen and oxygen atoms in total. The van der Waals surface area contributed by atoms with Crippen LogP contribution in [0.5, 0.6) is 0 Å². The van der Waals surface area contributed by atoms with Gasteiger partial charge >= 0.3 is 0 Å². The van der Waals surface area contributed by atoms with Gasteiger partial charge in [-0.1, -0.05) is 0 Å². The SMILES string of the molecule is O=[N+]([O-])/C=C/c1[nH]ccc1F. The normalized spacial score (nSPS) is 10.6. The highest BCUT2D eigenvalue weighted by atomic mass is 19.1. The van der Waals surface area contributed by atoms with Gasteiger partial charge in [0.1, 0.15) is 5.82 Å². The molecule has 1 N–H and O–H groups in total. The molecule has 58 valence electrons. The Morgan fingerprint density at radius 2 is 2.45 bits per heavy atom. The van der Waals surface area contributed by atoms with Crippen LogP contribution in [0, 0.1) is 15.9 Å². The summed E-state index contributed by atoms with van der Waals surface area (Å²) in [5.74, 6) is -0.497. The molecular weight excluding hydrogens is 151 g/mol. The van der Waals surface area contributed by atoms with E-state index in [-0.39, 0.29) is 5.69 Å². The molecule has 1 heterocycles. The zero-order valence-electron chi connectivity index (χ0n) is 5.45. The number of nitro groups is 1. The predicted octanol–water partition coefficient (Wildman–Crippen LogP) is 1.40. The second-order valence-corrected chi connectivity index (χ2v) is 1.84. The maximum Gasteiger partial charge on any atom is 0.236 e. The second kappa shape index (κ2) is 2.96. The summed E-state index contributed by atoms with van der Waals surface area (Å²) in [5.41, 5.74) is 0.113. The van der Waals surface area contributed by atoms with Gasteiger partial charge in [0.25, 0.3) is 0 Å². The third kappa shape index (κ3) is 1.89. The number of halogens is 1. The molecule has 0 aliphatic carbocycles. The summed E-state index contributed by atoms with van der Waals surface area (Å²) in [7, 11) is 0. The van der Waals surface area contributed by atoms with Crippen molar-refractivity contribution in [2.75, 3.05) is 0 Å². The molecule has 11 heavy (non-hydrogen) atoms. The van der Waals surface area contributed by atoms with E-state index in [0.717, 1.165) is 6.08 Å². The Balaban J connectivity index is 2.79. The van der Waals surface area contributed by atoms with Crippen LogP contribution in [0.4, 0.5) is 4.39 Å². The van der Waals surface area contributed by atoms with Gasteiger partial charge in [0.2, 0.25) is 6.20 Å². The van der Waals surface area contributed by atoms with Crippen LogP contribution in [0.2, 0.25) is 0 Å². The molecule has 1 rings (SSSR count). The van der Waals surface area contributed by atoms with Gasteiger partial charge in [-0.2, -0.15) is 0 Å². The van der Waals surface area contributed by atoms with E-state index in [0.29, 0.717) is 6.20 Å². The zero-order chi connectivity index (χ0) is 8.27. The Hall–Kier alpha value is -1.65. The minimum absolute atomic E-state index is 0.113. The first-order chi connectivity index (χ1) is 5.20. The van der Waals surface area contributed by atoms with Crippen molar-refractivity contribution < 1.29 is 9.31 Å². The lowest BCUT2D eigenvalue weighted by Crippen LogP contribution is -1.83. The van der Waals surface area contributed by atoms with Crippen molar-refractivity contribution in [3.8, 4) is 0 Å². The number of aromatic nitrogens is 1. The van der Waals surface area contributed by atoms with Crippen LogP contribution in [-0.2, 0) is 0 Å². The quantitative estimate of drug-likeness (QED) is 0.519. The van der Waals surface area contributed by atoms with E-state index >= 15 is 0 Å². The average Bonchev–Trinajstić information content (AvgIpc) is 2.31. The summed E-state index contributed by atoms with van der Waals surface area (Å²) in [5, 5.41) is 9.79. The molecule has 0 radical (unpaired) electrons. The van der Waals surface area contributed by atoms with Crippen LogP contribution in [0.15, 0.2) is 18.5 Å². The molecule has 0 fully saturated rings. The number of aromatic amines is 1. The molecule has 1 aromatic rings. The van der Waals surface area contributed by atoms with Gasteiger partial charge in [0.05, 0.1) is 10.6 Å². The lowest BCUT2D eigenvalue weighted by atomic mass is 10.4. The zero-order valence-corrected chi connectivity index (χ0v) is 5.45. The van der Waals surface area contributed by atoms with Gasteiger partial charge in [0.15, 0.2) is 0 Å². The summed E-state index contributed by atoms with van der Waals surface area (Å²) in [6, 6.07) is 1.19. The van der Waals surface area contributed by atoms with Crippen molar-refractivity contribution in [3.63, 3.8) is 0 Å². The summed E-state index contributed by atoms with van der Waals surface area (Å²) in [6.07, 6.45) is 3.11. The van der Waals surface area contributed by atoms with Crippen molar-refractivity contribution >= 4 is 6.08 Å². The number of hydrogen-bond acceptors (Lipinski definition) is 2. The summed E-state index contributed by atoms with van der Waals surface area (Å²) >= 11 is 0. The van der Waals surface area contributed by atoms with Gasteiger partial charge in [-0.05, 0) is 6.07 Å². The van der Waals surface area contributed by atoms with Gasteiger partial charge in [-0.3, -0.25) is 10.1 Å². The molecule has 1 aromatic heterocycles. The molecule has 0 bridgehead atoms. The summed E-state index contributed by atoms with van der Waals surface area (Å²) in [6.45, 7) is 0. The van der Waals surface area contributed by atoms with Crippen LogP contribution in [0.3, 0.4) is 0 Å². The highest BCUT2D eigenvalue weighted by Gasteiger charge is 1.98. The molecule has 0 saturated carbocycles. The molecule has 0 aliphatic heterocycles. The van der Waals surface area contributed by atoms with E-state index in [1.165, 1.54) is 12.3 Å². The number of rotatable bonds is 2. The fourth-order valence-electron chi connectivity index (χ4n) is 0.626. The van der Waals surface area contributed by atoms with E-state index in [9.17, 15) is 14.5 Å². The van der Waals surface area contributed by atoms with Crippen LogP contribution in [0.25, 0.3) is 6.08 Å². The largest absolute Gasteiger partial charge is 0.359 e. The Labute approximate surface area is 61.5 Å². The topological polar surface area (TPSA) is 58.9 Å². The summed E-state index contributed by atoms with van der Waals surface area (Å²) in [4.78, 5) is 11.6. The fraction of sp³-hybridized carbons (Fsp3) is 0. The molecule has 0 aromatic carbocycles. The smallest absolute Gasteiger partial charge is 0.236 e. The minimum atomic E-state index is -0.652. The number of nitrogens with zero attached hydrogens (tertiary/aromatic N) is 1. The number of nitrogens with one attached hydrogen (secondary N) is 1. The first-order valence-corrected chi connectivity index (χ1v) is 2.85. The minimum Gasteiger partial charge on any atom is -0.359 e. The Kier molecular flexibility index (Phi) is 2.00. The number of H-pyrrole nitrogens is 1. The van der Waals surface area contributed by atoms with Crippen molar-refractivity contribution in [1.29, 1.82) is 0 Å². The van der Waals surface area contributed by atoms with E-state index in [1.54, 1.807) is 0 Å². The second-order valence-electron chi connectivity index (χ2n) is 1.84. The van der Waals surface area contributed by atoms with Crippen molar-refractivity contribution in [2.24, 2.45) is 0 Å². The van der Waals surface area contributed by atoms with E-state index in [1.807, 2.05) is 0 Å². The van der Waals surface area contributed by atoms with E-state index in [4.69, 9.17) is 0 Å². The molecule has 0 unspecified atom stereocenters. The highest BCUT2D eigenvalue weighted by molar-refractivity contribution is 5.43. The monoisotopic (exact) mass is 156 g/mol. The van der Waals surface area contributed by atoms with Gasteiger partial charge in [-0.15, -0.1) is 0 Å². The molecule has 5 heteroatoms. The van der Waals surface area contributed by atoms with Crippen LogP contribution in [0.1, 0.15) is 5.69 Å². The van der Waals surface area contributed by atoms with Crippen molar-refractivity contribution in [1.82, 2.24) is 4.98 Å². The molecule has 0 amide bonds. The maximum absolute atomic E-state index is 12.5.